The number of nitrogens with one attached hydrogen (secondary N) is 2. The Hall–Kier alpha value is -3.47. The normalized spacial score (nSPS) is 10.8. The molecule has 0 aliphatic heterocycles. The number of aryl methyl sites for hydroxylation is 1. The summed E-state index contributed by atoms with van der Waals surface area (Å²) in [4.78, 5) is 30.7. The van der Waals surface area contributed by atoms with Crippen molar-refractivity contribution in [3.05, 3.63) is 88.4 Å². The van der Waals surface area contributed by atoms with E-state index in [1.165, 1.54) is 12.1 Å². The lowest BCUT2D eigenvalue weighted by Gasteiger charge is -2.06. The lowest BCUT2D eigenvalue weighted by molar-refractivity contribution is -0.111. The Morgan fingerprint density at radius 3 is 2.64 bits per heavy atom. The fourth-order valence-electron chi connectivity index (χ4n) is 2.38. The molecule has 1 heterocycles. The lowest BCUT2D eigenvalue weighted by Crippen LogP contribution is -2.10. The molecule has 0 atom stereocenters. The minimum Gasteiger partial charge on any atom is -0.322 e. The Morgan fingerprint density at radius 1 is 1.08 bits per heavy atom. The fraction of sp³-hybridized carbons (Fsp3) is 0.0500. The Kier molecular flexibility index (Phi) is 4.85. The highest BCUT2D eigenvalue weighted by Crippen LogP contribution is 2.18. The van der Waals surface area contributed by atoms with Crippen molar-refractivity contribution in [2.75, 3.05) is 5.32 Å². The molecular weight excluding hydrogens is 314 g/mol. The zero-order valence-electron chi connectivity index (χ0n) is 13.7. The quantitative estimate of drug-likeness (QED) is 0.720. The predicted molar refractivity (Wildman–Crippen MR) is 99.1 cm³/mol. The van der Waals surface area contributed by atoms with E-state index in [9.17, 15) is 9.59 Å². The second-order valence-corrected chi connectivity index (χ2v) is 5.55. The van der Waals surface area contributed by atoms with Crippen molar-refractivity contribution in [3.8, 4) is 11.4 Å². The molecular formula is C20H17N3O2. The Bertz CT molecular complexity index is 975. The Labute approximate surface area is 145 Å². The summed E-state index contributed by atoms with van der Waals surface area (Å²) in [5, 5.41) is 2.81. The summed E-state index contributed by atoms with van der Waals surface area (Å²) in [6.07, 6.45) is 3.23. The van der Waals surface area contributed by atoms with Gasteiger partial charge < -0.3 is 10.3 Å². The maximum Gasteiger partial charge on any atom is 0.251 e. The predicted octanol–water partition coefficient (Wildman–Crippen LogP) is 3.40. The average molecular weight is 331 g/mol. The second kappa shape index (κ2) is 7.40. The van der Waals surface area contributed by atoms with E-state index in [2.05, 4.69) is 15.3 Å². The highest BCUT2D eigenvalue weighted by Gasteiger charge is 2.04. The summed E-state index contributed by atoms with van der Waals surface area (Å²) < 4.78 is 0. The van der Waals surface area contributed by atoms with Crippen LogP contribution in [0.4, 0.5) is 5.69 Å². The second-order valence-electron chi connectivity index (χ2n) is 5.55. The smallest absolute Gasteiger partial charge is 0.251 e. The van der Waals surface area contributed by atoms with E-state index in [-0.39, 0.29) is 11.5 Å². The third kappa shape index (κ3) is 4.51. The summed E-state index contributed by atoms with van der Waals surface area (Å²) in [5.41, 5.74) is 2.74. The molecule has 0 aliphatic carbocycles. The van der Waals surface area contributed by atoms with Gasteiger partial charge in [-0.05, 0) is 30.7 Å². The largest absolute Gasteiger partial charge is 0.322 e. The van der Waals surface area contributed by atoms with Crippen LogP contribution in [0.25, 0.3) is 17.5 Å². The number of anilines is 1. The summed E-state index contributed by atoms with van der Waals surface area (Å²) in [6.45, 7) is 1.76. The molecule has 25 heavy (non-hydrogen) atoms. The van der Waals surface area contributed by atoms with Crippen LogP contribution in [0.1, 0.15) is 11.3 Å². The number of aromatic nitrogens is 2. The number of benzene rings is 2. The van der Waals surface area contributed by atoms with E-state index in [0.29, 0.717) is 17.2 Å². The molecule has 3 aromatic rings. The number of nitrogens with zero attached hydrogens (tertiary/aromatic N) is 1. The van der Waals surface area contributed by atoms with E-state index >= 15 is 0 Å². The van der Waals surface area contributed by atoms with Gasteiger partial charge in [0, 0.05) is 29.1 Å². The minimum atomic E-state index is -0.230. The van der Waals surface area contributed by atoms with Gasteiger partial charge in [-0.15, -0.1) is 0 Å². The van der Waals surface area contributed by atoms with Crippen molar-refractivity contribution in [2.24, 2.45) is 0 Å². The highest BCUT2D eigenvalue weighted by atomic mass is 16.1. The number of rotatable bonds is 4. The van der Waals surface area contributed by atoms with Crippen molar-refractivity contribution in [3.63, 3.8) is 0 Å². The molecule has 2 aromatic carbocycles. The number of hydrogen-bond acceptors (Lipinski definition) is 3. The molecule has 0 fully saturated rings. The van der Waals surface area contributed by atoms with E-state index in [4.69, 9.17) is 0 Å². The molecule has 0 saturated carbocycles. The van der Waals surface area contributed by atoms with Gasteiger partial charge in [0.15, 0.2) is 0 Å². The molecule has 0 saturated heterocycles. The molecule has 2 N–H and O–H groups in total. The van der Waals surface area contributed by atoms with Crippen molar-refractivity contribution in [2.45, 2.75) is 6.92 Å². The van der Waals surface area contributed by atoms with Gasteiger partial charge in [-0.25, -0.2) is 4.98 Å². The maximum absolute atomic E-state index is 12.1. The summed E-state index contributed by atoms with van der Waals surface area (Å²) >= 11 is 0. The first-order valence-electron chi connectivity index (χ1n) is 7.83. The van der Waals surface area contributed by atoms with Crippen LogP contribution in [0.5, 0.6) is 0 Å². The van der Waals surface area contributed by atoms with Gasteiger partial charge in [-0.2, -0.15) is 0 Å². The van der Waals surface area contributed by atoms with Crippen LogP contribution >= 0.6 is 0 Å². The molecule has 0 bridgehead atoms. The number of hydrogen-bond donors (Lipinski definition) is 2. The zero-order chi connectivity index (χ0) is 17.6. The lowest BCUT2D eigenvalue weighted by atomic mass is 10.1. The van der Waals surface area contributed by atoms with Gasteiger partial charge in [-0.3, -0.25) is 9.59 Å². The van der Waals surface area contributed by atoms with E-state index in [0.717, 1.165) is 11.1 Å². The number of aromatic amines is 1. The molecule has 5 nitrogen and oxygen atoms in total. The van der Waals surface area contributed by atoms with Gasteiger partial charge in [0.1, 0.15) is 5.82 Å². The molecule has 5 heteroatoms. The Balaban J connectivity index is 1.76. The maximum atomic E-state index is 12.1. The molecule has 0 unspecified atom stereocenters. The monoisotopic (exact) mass is 331 g/mol. The number of carbonyl (C=O) groups excluding carboxylic acids is 1. The third-order valence-electron chi connectivity index (χ3n) is 3.50. The van der Waals surface area contributed by atoms with Crippen LogP contribution in [-0.2, 0) is 4.79 Å². The molecule has 1 amide bonds. The van der Waals surface area contributed by atoms with Crippen LogP contribution in [0.15, 0.2) is 71.5 Å². The number of carbonyl (C=O) groups is 1. The topological polar surface area (TPSA) is 74.8 Å². The van der Waals surface area contributed by atoms with Crippen molar-refractivity contribution in [1.29, 1.82) is 0 Å². The molecule has 3 rings (SSSR count). The van der Waals surface area contributed by atoms with Crippen LogP contribution in [0.2, 0.25) is 0 Å². The van der Waals surface area contributed by atoms with Crippen molar-refractivity contribution < 1.29 is 4.79 Å². The molecule has 1 aromatic heterocycles. The first kappa shape index (κ1) is 16.4. The fourth-order valence-corrected chi connectivity index (χ4v) is 2.38. The third-order valence-corrected chi connectivity index (χ3v) is 3.50. The van der Waals surface area contributed by atoms with E-state index in [1.807, 2.05) is 36.4 Å². The van der Waals surface area contributed by atoms with E-state index in [1.54, 1.807) is 31.2 Å². The standard InChI is InChI=1S/C20H17N3O2/c1-14-12-19(25)23-20(21-14)16-8-5-9-17(13-16)22-18(24)11-10-15-6-3-2-4-7-15/h2-13H,1H3,(H,22,24)(H,21,23,25)/b11-10-. The number of amides is 1. The SMILES string of the molecule is Cc1cc(=O)[nH]c(-c2cccc(NC(=O)/C=C\c3ccccc3)c2)n1. The molecule has 124 valence electrons. The van der Waals surface area contributed by atoms with Crippen LogP contribution in [0.3, 0.4) is 0 Å². The van der Waals surface area contributed by atoms with Gasteiger partial charge in [0.05, 0.1) is 0 Å². The van der Waals surface area contributed by atoms with Gasteiger partial charge >= 0.3 is 0 Å². The number of H-pyrrole nitrogens is 1. The molecule has 0 radical (unpaired) electrons. The average Bonchev–Trinajstić information content (AvgIpc) is 2.60. The van der Waals surface area contributed by atoms with Crippen LogP contribution in [0, 0.1) is 6.92 Å². The summed E-state index contributed by atoms with van der Waals surface area (Å²) in [6, 6.07) is 18.2. The van der Waals surface area contributed by atoms with E-state index < -0.39 is 0 Å². The van der Waals surface area contributed by atoms with Crippen molar-refractivity contribution >= 4 is 17.7 Å². The Morgan fingerprint density at radius 2 is 1.88 bits per heavy atom. The van der Waals surface area contributed by atoms with Gasteiger partial charge in [0.25, 0.3) is 5.56 Å². The molecule has 0 spiro atoms. The van der Waals surface area contributed by atoms with Gasteiger partial charge in [-0.1, -0.05) is 42.5 Å². The first-order valence-corrected chi connectivity index (χ1v) is 7.83. The summed E-state index contributed by atoms with van der Waals surface area (Å²) in [7, 11) is 0. The summed E-state index contributed by atoms with van der Waals surface area (Å²) in [5.74, 6) is 0.243. The minimum absolute atomic E-state index is 0.206. The molecule has 0 aliphatic rings. The first-order chi connectivity index (χ1) is 12.1. The zero-order valence-corrected chi connectivity index (χ0v) is 13.7. The van der Waals surface area contributed by atoms with Crippen molar-refractivity contribution in [1.82, 2.24) is 9.97 Å². The highest BCUT2D eigenvalue weighted by molar-refractivity contribution is 6.02. The van der Waals surface area contributed by atoms with Gasteiger partial charge in [0.2, 0.25) is 5.91 Å². The van der Waals surface area contributed by atoms with Crippen LogP contribution < -0.4 is 10.9 Å². The van der Waals surface area contributed by atoms with Crippen LogP contribution in [-0.4, -0.2) is 15.9 Å².